The van der Waals surface area contributed by atoms with Crippen molar-refractivity contribution < 1.29 is 8.42 Å². The first-order valence-electron chi connectivity index (χ1n) is 3.86. The standard InChI is InChI=1S/C9H6BrNO2S/c10-8-6-11-9(14(8,12)13)7-4-2-1-3-5-7/h1-6H. The van der Waals surface area contributed by atoms with Crippen LogP contribution in [-0.4, -0.2) is 13.5 Å². The molecule has 1 aliphatic heterocycles. The average Bonchev–Trinajstić information content (AvgIpc) is 2.44. The topological polar surface area (TPSA) is 46.5 Å². The van der Waals surface area contributed by atoms with E-state index in [1.165, 1.54) is 6.20 Å². The Morgan fingerprint density at radius 3 is 2.29 bits per heavy atom. The van der Waals surface area contributed by atoms with Crippen molar-refractivity contribution in [1.82, 2.24) is 0 Å². The lowest BCUT2D eigenvalue weighted by atomic mass is 10.2. The molecule has 0 aliphatic carbocycles. The van der Waals surface area contributed by atoms with Gasteiger partial charge in [-0.25, -0.2) is 13.4 Å². The summed E-state index contributed by atoms with van der Waals surface area (Å²) in [5, 5.41) is 0.102. The van der Waals surface area contributed by atoms with Gasteiger partial charge in [0.2, 0.25) is 9.84 Å². The summed E-state index contributed by atoms with van der Waals surface area (Å²) in [5.74, 6) is 0. The van der Waals surface area contributed by atoms with Crippen LogP contribution in [0.2, 0.25) is 0 Å². The molecule has 0 atom stereocenters. The predicted molar refractivity (Wildman–Crippen MR) is 58.9 cm³/mol. The van der Waals surface area contributed by atoms with E-state index in [2.05, 4.69) is 20.9 Å². The molecule has 72 valence electrons. The van der Waals surface area contributed by atoms with Crippen LogP contribution in [0.4, 0.5) is 0 Å². The summed E-state index contributed by atoms with van der Waals surface area (Å²) >= 11 is 2.96. The molecule has 3 nitrogen and oxygen atoms in total. The number of hydrogen-bond acceptors (Lipinski definition) is 3. The molecule has 0 unspecified atom stereocenters. The zero-order valence-corrected chi connectivity index (χ0v) is 9.42. The van der Waals surface area contributed by atoms with Gasteiger partial charge in [-0.05, 0) is 15.9 Å². The van der Waals surface area contributed by atoms with Gasteiger partial charge < -0.3 is 0 Å². The fourth-order valence-electron chi connectivity index (χ4n) is 1.15. The van der Waals surface area contributed by atoms with E-state index in [-0.39, 0.29) is 8.86 Å². The predicted octanol–water partition coefficient (Wildman–Crippen LogP) is 2.06. The highest BCUT2D eigenvalue weighted by Gasteiger charge is 2.28. The van der Waals surface area contributed by atoms with Crippen molar-refractivity contribution >= 4 is 30.8 Å². The first-order chi connectivity index (χ1) is 6.62. The Morgan fingerprint density at radius 1 is 1.14 bits per heavy atom. The molecule has 0 amide bonds. The second kappa shape index (κ2) is 3.33. The monoisotopic (exact) mass is 271 g/mol. The number of halogens is 1. The average molecular weight is 272 g/mol. The molecule has 2 rings (SSSR count). The zero-order valence-electron chi connectivity index (χ0n) is 7.01. The lowest BCUT2D eigenvalue weighted by Gasteiger charge is -2.00. The molecule has 5 heteroatoms. The first-order valence-corrected chi connectivity index (χ1v) is 6.14. The molecule has 0 N–H and O–H groups in total. The van der Waals surface area contributed by atoms with Crippen LogP contribution in [0, 0.1) is 0 Å². The number of hydrogen-bond donors (Lipinski definition) is 0. The summed E-state index contributed by atoms with van der Waals surface area (Å²) in [4.78, 5) is 3.86. The summed E-state index contributed by atoms with van der Waals surface area (Å²) in [6.45, 7) is 0. The molecule has 1 heterocycles. The van der Waals surface area contributed by atoms with Crippen molar-refractivity contribution in [2.75, 3.05) is 0 Å². The highest BCUT2D eigenvalue weighted by Crippen LogP contribution is 2.25. The maximum Gasteiger partial charge on any atom is 0.232 e. The molecule has 0 bridgehead atoms. The van der Waals surface area contributed by atoms with Gasteiger partial charge in [0.1, 0.15) is 3.81 Å². The molecular weight excluding hydrogens is 266 g/mol. The summed E-state index contributed by atoms with van der Waals surface area (Å²) < 4.78 is 23.4. The Morgan fingerprint density at radius 2 is 1.79 bits per heavy atom. The SMILES string of the molecule is O=S1(=O)C(Br)=CN=C1c1ccccc1. The second-order valence-corrected chi connectivity index (χ2v) is 5.95. The van der Waals surface area contributed by atoms with Crippen LogP contribution in [0.1, 0.15) is 5.56 Å². The Bertz CT molecular complexity index is 517. The van der Waals surface area contributed by atoms with Gasteiger partial charge in [0, 0.05) is 5.56 Å². The van der Waals surface area contributed by atoms with Crippen molar-refractivity contribution in [2.45, 2.75) is 0 Å². The highest BCUT2D eigenvalue weighted by molar-refractivity contribution is 9.14. The molecule has 0 saturated heterocycles. The smallest absolute Gasteiger partial charge is 0.232 e. The van der Waals surface area contributed by atoms with Crippen LogP contribution in [0.3, 0.4) is 0 Å². The Labute approximate surface area is 90.2 Å². The molecular formula is C9H6BrNO2S. The molecule has 1 aliphatic rings. The summed E-state index contributed by atoms with van der Waals surface area (Å²) in [7, 11) is -3.39. The molecule has 0 saturated carbocycles. The van der Waals surface area contributed by atoms with Crippen molar-refractivity contribution in [3.63, 3.8) is 0 Å². The van der Waals surface area contributed by atoms with Crippen LogP contribution in [0.15, 0.2) is 45.3 Å². The van der Waals surface area contributed by atoms with Crippen LogP contribution >= 0.6 is 15.9 Å². The third-order valence-corrected chi connectivity index (χ3v) is 4.77. The van der Waals surface area contributed by atoms with E-state index in [0.29, 0.717) is 5.56 Å². The number of aliphatic imine (C=N–C) groups is 1. The third-order valence-electron chi connectivity index (χ3n) is 1.82. The molecule has 1 aromatic rings. The Balaban J connectivity index is 2.53. The van der Waals surface area contributed by atoms with Crippen molar-refractivity contribution in [1.29, 1.82) is 0 Å². The van der Waals surface area contributed by atoms with E-state index < -0.39 is 9.84 Å². The van der Waals surface area contributed by atoms with Gasteiger partial charge in [-0.2, -0.15) is 0 Å². The van der Waals surface area contributed by atoms with Crippen LogP contribution in [-0.2, 0) is 9.84 Å². The zero-order chi connectivity index (χ0) is 10.2. The normalized spacial score (nSPS) is 18.9. The van der Waals surface area contributed by atoms with Gasteiger partial charge in [0.25, 0.3) is 0 Å². The third kappa shape index (κ3) is 1.42. The summed E-state index contributed by atoms with van der Waals surface area (Å²) in [6, 6.07) is 8.82. The van der Waals surface area contributed by atoms with Gasteiger partial charge >= 0.3 is 0 Å². The molecule has 1 aromatic carbocycles. The van der Waals surface area contributed by atoms with Crippen molar-refractivity contribution in [3.8, 4) is 0 Å². The van der Waals surface area contributed by atoms with Crippen molar-refractivity contribution in [3.05, 3.63) is 45.9 Å². The molecule has 0 radical (unpaired) electrons. The minimum atomic E-state index is -3.39. The Kier molecular flexibility index (Phi) is 2.28. The van der Waals surface area contributed by atoms with E-state index in [0.717, 1.165) is 0 Å². The number of nitrogens with zero attached hydrogens (tertiary/aromatic N) is 1. The fourth-order valence-corrected chi connectivity index (χ4v) is 2.73. The second-order valence-electron chi connectivity index (χ2n) is 2.74. The van der Waals surface area contributed by atoms with E-state index in [4.69, 9.17) is 0 Å². The minimum absolute atomic E-state index is 0.102. The van der Waals surface area contributed by atoms with Gasteiger partial charge in [0.05, 0.1) is 6.20 Å². The number of sulfone groups is 1. The quantitative estimate of drug-likeness (QED) is 0.785. The van der Waals surface area contributed by atoms with E-state index >= 15 is 0 Å². The van der Waals surface area contributed by atoms with Crippen LogP contribution < -0.4 is 0 Å². The molecule has 0 spiro atoms. The van der Waals surface area contributed by atoms with Crippen LogP contribution in [0.25, 0.3) is 0 Å². The first kappa shape index (κ1) is 9.61. The largest absolute Gasteiger partial charge is 0.242 e. The van der Waals surface area contributed by atoms with E-state index in [9.17, 15) is 8.42 Å². The lowest BCUT2D eigenvalue weighted by Crippen LogP contribution is -2.11. The molecule has 0 fully saturated rings. The molecule has 0 aromatic heterocycles. The van der Waals surface area contributed by atoms with Gasteiger partial charge in [-0.15, -0.1) is 0 Å². The van der Waals surface area contributed by atoms with E-state index in [1.54, 1.807) is 24.3 Å². The lowest BCUT2D eigenvalue weighted by molar-refractivity contribution is 0.615. The summed E-state index contributed by atoms with van der Waals surface area (Å²) in [6.07, 6.45) is 1.30. The van der Waals surface area contributed by atoms with Crippen molar-refractivity contribution in [2.24, 2.45) is 4.99 Å². The fraction of sp³-hybridized carbons (Fsp3) is 0. The molecule has 14 heavy (non-hydrogen) atoms. The maximum atomic E-state index is 11.6. The van der Waals surface area contributed by atoms with Gasteiger partial charge in [0.15, 0.2) is 5.04 Å². The van der Waals surface area contributed by atoms with E-state index in [1.807, 2.05) is 6.07 Å². The Hall–Kier alpha value is -0.940. The van der Waals surface area contributed by atoms with Crippen LogP contribution in [0.5, 0.6) is 0 Å². The minimum Gasteiger partial charge on any atom is -0.242 e. The van der Waals surface area contributed by atoms with Gasteiger partial charge in [-0.1, -0.05) is 30.3 Å². The number of benzene rings is 1. The summed E-state index contributed by atoms with van der Waals surface area (Å²) in [5.41, 5.74) is 0.609. The number of rotatable bonds is 1. The van der Waals surface area contributed by atoms with Gasteiger partial charge in [-0.3, -0.25) is 0 Å². The highest BCUT2D eigenvalue weighted by atomic mass is 79.9. The maximum absolute atomic E-state index is 11.6.